The molecular formula is C47H29N3O. The summed E-state index contributed by atoms with van der Waals surface area (Å²) in [7, 11) is 0. The van der Waals surface area contributed by atoms with Crippen molar-refractivity contribution in [2.24, 2.45) is 0 Å². The van der Waals surface area contributed by atoms with Crippen LogP contribution in [-0.2, 0) is 0 Å². The van der Waals surface area contributed by atoms with Crippen LogP contribution in [0.15, 0.2) is 180 Å². The van der Waals surface area contributed by atoms with Gasteiger partial charge in [0.1, 0.15) is 11.2 Å². The van der Waals surface area contributed by atoms with Gasteiger partial charge >= 0.3 is 0 Å². The van der Waals surface area contributed by atoms with Gasteiger partial charge in [0.05, 0.1) is 31.6 Å². The maximum atomic E-state index is 9.74. The van der Waals surface area contributed by atoms with Crippen LogP contribution in [0.1, 0.15) is 26.0 Å². The standard InChI is InChI=1S/C47H29N3O/c1-3-13-33(14-4-1)45-48-46(34-15-5-2-6-16-34)50-47(49-45)40-27-26-39(43-41-28-35-17-7-8-18-36(35)29-42(41)51-44(40)43)32-24-22-31(23-25-32)38-21-11-19-30-12-9-10-20-37(30)38/h1-29H/i7D,8D,9D,10D,11D,12D,17D,18D,19D,20D,21D,22D,23D,24D,25D,26D,27D,28D,29D. The van der Waals surface area contributed by atoms with Crippen molar-refractivity contribution in [3.05, 3.63) is 175 Å². The van der Waals surface area contributed by atoms with E-state index in [-0.39, 0.29) is 33.8 Å². The van der Waals surface area contributed by atoms with Gasteiger partial charge in [0.2, 0.25) is 0 Å². The van der Waals surface area contributed by atoms with Gasteiger partial charge in [-0.2, -0.15) is 0 Å². The molecule has 0 aliphatic rings. The Hall–Kier alpha value is -6.91. The normalized spacial score (nSPS) is 16.7. The molecule has 2 aromatic heterocycles. The zero-order valence-corrected chi connectivity index (χ0v) is 26.0. The third kappa shape index (κ3) is 5.04. The Morgan fingerprint density at radius 1 is 0.412 bits per heavy atom. The first-order chi connectivity index (χ1) is 33.2. The lowest BCUT2D eigenvalue weighted by Gasteiger charge is -2.11. The highest BCUT2D eigenvalue weighted by molar-refractivity contribution is 6.18. The van der Waals surface area contributed by atoms with Crippen LogP contribution in [0.3, 0.4) is 0 Å². The van der Waals surface area contributed by atoms with E-state index >= 15 is 0 Å². The Balaban J connectivity index is 1.40. The number of furan rings is 1. The minimum atomic E-state index is -0.921. The van der Waals surface area contributed by atoms with Crippen molar-refractivity contribution in [1.82, 2.24) is 15.0 Å². The number of rotatable bonds is 5. The lowest BCUT2D eigenvalue weighted by molar-refractivity contribution is 0.670. The monoisotopic (exact) mass is 670 g/mol. The predicted molar refractivity (Wildman–Crippen MR) is 209 cm³/mol. The molecule has 4 nitrogen and oxygen atoms in total. The van der Waals surface area contributed by atoms with Gasteiger partial charge in [-0.05, 0) is 61.9 Å². The molecule has 8 aromatic carbocycles. The molecule has 10 rings (SSSR count). The fourth-order valence-corrected chi connectivity index (χ4v) is 5.86. The second-order valence-corrected chi connectivity index (χ2v) is 11.3. The molecule has 0 N–H and O–H groups in total. The van der Waals surface area contributed by atoms with E-state index in [1.54, 1.807) is 60.7 Å². The van der Waals surface area contributed by atoms with Crippen LogP contribution in [-0.4, -0.2) is 15.0 Å². The van der Waals surface area contributed by atoms with Crippen molar-refractivity contribution >= 4 is 43.5 Å². The molecular weight excluding hydrogens is 623 g/mol. The summed E-state index contributed by atoms with van der Waals surface area (Å²) in [6, 6.07) is 2.84. The van der Waals surface area contributed by atoms with E-state index in [9.17, 15) is 11.0 Å². The smallest absolute Gasteiger partial charge is 0.167 e. The van der Waals surface area contributed by atoms with Crippen molar-refractivity contribution in [1.29, 1.82) is 0 Å². The largest absolute Gasteiger partial charge is 0.455 e. The molecule has 0 saturated heterocycles. The molecule has 0 saturated carbocycles. The van der Waals surface area contributed by atoms with Crippen molar-refractivity contribution in [2.45, 2.75) is 0 Å². The summed E-state index contributed by atoms with van der Waals surface area (Å²) in [6.07, 6.45) is 0. The van der Waals surface area contributed by atoms with Crippen LogP contribution in [0.25, 0.3) is 99.9 Å². The first kappa shape index (κ1) is 15.8. The minimum absolute atomic E-state index is 0.121. The Morgan fingerprint density at radius 3 is 1.65 bits per heavy atom. The summed E-state index contributed by atoms with van der Waals surface area (Å²) >= 11 is 0. The van der Waals surface area contributed by atoms with Crippen LogP contribution in [0.4, 0.5) is 0 Å². The van der Waals surface area contributed by atoms with E-state index in [1.807, 2.05) is 0 Å². The average molecular weight is 671 g/mol. The van der Waals surface area contributed by atoms with E-state index < -0.39 is 170 Å². The zero-order valence-electron chi connectivity index (χ0n) is 45.0. The average Bonchev–Trinajstić information content (AvgIpc) is 3.76. The summed E-state index contributed by atoms with van der Waals surface area (Å²) in [6.45, 7) is 0. The number of nitrogens with zero attached hydrogens (tertiary/aromatic N) is 3. The highest BCUT2D eigenvalue weighted by Crippen LogP contribution is 2.43. The molecule has 0 atom stereocenters. The van der Waals surface area contributed by atoms with E-state index in [2.05, 4.69) is 0 Å². The summed E-state index contributed by atoms with van der Waals surface area (Å²) in [4.78, 5) is 14.2. The number of fused-ring (bicyclic) bond motifs is 5. The summed E-state index contributed by atoms with van der Waals surface area (Å²) in [5, 5.41) is -2.52. The molecule has 10 aromatic rings. The summed E-state index contributed by atoms with van der Waals surface area (Å²) < 4.78 is 177. The van der Waals surface area contributed by atoms with Crippen molar-refractivity contribution < 1.29 is 30.5 Å². The lowest BCUT2D eigenvalue weighted by Crippen LogP contribution is -2.00. The third-order valence-electron chi connectivity index (χ3n) is 8.23. The maximum Gasteiger partial charge on any atom is 0.167 e. The van der Waals surface area contributed by atoms with E-state index in [4.69, 9.17) is 34.4 Å². The molecule has 0 amide bonds. The molecule has 0 bridgehead atoms. The van der Waals surface area contributed by atoms with Crippen LogP contribution >= 0.6 is 0 Å². The number of hydrogen-bond donors (Lipinski definition) is 0. The van der Waals surface area contributed by atoms with Gasteiger partial charge in [-0.25, -0.2) is 15.0 Å². The van der Waals surface area contributed by atoms with Crippen LogP contribution in [0.2, 0.25) is 0 Å². The van der Waals surface area contributed by atoms with Gasteiger partial charge in [0, 0.05) is 21.9 Å². The Labute approximate surface area is 321 Å². The van der Waals surface area contributed by atoms with Gasteiger partial charge in [-0.15, -0.1) is 0 Å². The van der Waals surface area contributed by atoms with Gasteiger partial charge in [-0.3, -0.25) is 0 Å². The molecule has 0 aliphatic heterocycles. The van der Waals surface area contributed by atoms with Crippen LogP contribution < -0.4 is 0 Å². The molecule has 0 radical (unpaired) electrons. The SMILES string of the molecule is [2H]c1c([2H])c(-c2c([2H])c([2H])c(-c3nc(-c4ccccc4)nc(-c4ccccc4)n3)c3oc4c([2H])c5c([2H])c([2H])c([2H])c([2H])c5c([2H])c4c23)c([2H])c([2H])c1-c1c([2H])c([2H])c([2H])c2c([2H])c([2H])c([2H])c([2H])c12. The minimum Gasteiger partial charge on any atom is -0.455 e. The van der Waals surface area contributed by atoms with E-state index in [0.29, 0.717) is 11.1 Å². The number of aromatic nitrogens is 3. The number of hydrogen-bond acceptors (Lipinski definition) is 4. The molecule has 238 valence electrons. The second kappa shape index (κ2) is 11.9. The fraction of sp³-hybridized carbons (Fsp3) is 0. The summed E-state index contributed by atoms with van der Waals surface area (Å²) in [5.41, 5.74) is -2.61. The van der Waals surface area contributed by atoms with E-state index in [1.165, 1.54) is 0 Å². The van der Waals surface area contributed by atoms with Crippen LogP contribution in [0.5, 0.6) is 0 Å². The molecule has 0 fully saturated rings. The van der Waals surface area contributed by atoms with Gasteiger partial charge in [0.25, 0.3) is 0 Å². The lowest BCUT2D eigenvalue weighted by atomic mass is 9.93. The third-order valence-corrected chi connectivity index (χ3v) is 8.23. The highest BCUT2D eigenvalue weighted by atomic mass is 16.3. The van der Waals surface area contributed by atoms with Crippen molar-refractivity contribution in [3.8, 4) is 56.4 Å². The zero-order chi connectivity index (χ0) is 50.3. The maximum absolute atomic E-state index is 9.74. The molecule has 51 heavy (non-hydrogen) atoms. The summed E-state index contributed by atoms with van der Waals surface area (Å²) in [5.74, 6) is -0.000756. The molecule has 2 heterocycles. The number of benzene rings is 8. The molecule has 0 spiro atoms. The molecule has 0 aliphatic carbocycles. The Bertz CT molecular complexity index is 3900. The molecule has 0 unspecified atom stereocenters. The van der Waals surface area contributed by atoms with Crippen LogP contribution in [0, 0.1) is 0 Å². The first-order valence-corrected chi connectivity index (χ1v) is 15.6. The van der Waals surface area contributed by atoms with Gasteiger partial charge in [-0.1, -0.05) is 157 Å². The van der Waals surface area contributed by atoms with Gasteiger partial charge in [0.15, 0.2) is 17.5 Å². The van der Waals surface area contributed by atoms with Crippen molar-refractivity contribution in [3.63, 3.8) is 0 Å². The second-order valence-electron chi connectivity index (χ2n) is 11.3. The molecule has 4 heteroatoms. The Morgan fingerprint density at radius 2 is 0.961 bits per heavy atom. The predicted octanol–water partition coefficient (Wildman–Crippen LogP) is 12.4. The van der Waals surface area contributed by atoms with Gasteiger partial charge < -0.3 is 4.42 Å². The quantitative estimate of drug-likeness (QED) is 0.183. The fourth-order valence-electron chi connectivity index (χ4n) is 5.86. The highest BCUT2D eigenvalue weighted by Gasteiger charge is 2.21. The Kier molecular flexibility index (Phi) is 3.68. The van der Waals surface area contributed by atoms with Crippen molar-refractivity contribution in [2.75, 3.05) is 0 Å². The first-order valence-electron chi connectivity index (χ1n) is 25.1. The van der Waals surface area contributed by atoms with E-state index in [0.717, 1.165) is 0 Å². The topological polar surface area (TPSA) is 51.8 Å².